The molecule has 1 aromatic heterocycles. The molecule has 0 atom stereocenters. The van der Waals surface area contributed by atoms with Crippen LogP contribution < -0.4 is 4.74 Å². The molecule has 0 saturated carbocycles. The summed E-state index contributed by atoms with van der Waals surface area (Å²) in [5.74, 6) is -0.530. The third-order valence-electron chi connectivity index (χ3n) is 5.58. The molecule has 10 nitrogen and oxygen atoms in total. The van der Waals surface area contributed by atoms with Gasteiger partial charge in [0.1, 0.15) is 0 Å². The van der Waals surface area contributed by atoms with Crippen LogP contribution in [0.15, 0.2) is 47.5 Å². The van der Waals surface area contributed by atoms with Crippen molar-refractivity contribution in [3.63, 3.8) is 0 Å². The highest BCUT2D eigenvalue weighted by molar-refractivity contribution is 7.89. The number of sulfonamides is 1. The summed E-state index contributed by atoms with van der Waals surface area (Å²) in [6.45, 7) is 2.46. The number of nitrogens with zero attached hydrogens (tertiary/aromatic N) is 2. The van der Waals surface area contributed by atoms with Gasteiger partial charge < -0.3 is 14.5 Å². The molecule has 174 valence electrons. The second-order valence-corrected chi connectivity index (χ2v) is 9.45. The van der Waals surface area contributed by atoms with E-state index in [0.717, 1.165) is 29.0 Å². The Morgan fingerprint density at radius 1 is 1.24 bits per heavy atom. The van der Waals surface area contributed by atoms with Gasteiger partial charge in [-0.3, -0.25) is 14.9 Å². The standard InChI is InChI=1S/C22H23N3O7S/c1-2-15-4-3-5-17-18(13-23-22(15)17)20(26)14-32-21-7-6-16(12-19(21)25(27)28)33(29,30)24-8-10-31-11-9-24/h3-7,12-13,23H,2,8-11,14H2,1H3. The Morgan fingerprint density at radius 3 is 2.70 bits per heavy atom. The van der Waals surface area contributed by atoms with Crippen LogP contribution in [0, 0.1) is 10.1 Å². The molecule has 1 fully saturated rings. The normalized spacial score (nSPS) is 14.9. The molecule has 1 aliphatic heterocycles. The quantitative estimate of drug-likeness (QED) is 0.302. The minimum atomic E-state index is -3.91. The topological polar surface area (TPSA) is 132 Å². The predicted octanol–water partition coefficient (Wildman–Crippen LogP) is 2.92. The van der Waals surface area contributed by atoms with Gasteiger partial charge in [0.2, 0.25) is 15.8 Å². The van der Waals surface area contributed by atoms with Crippen LogP contribution in [0.25, 0.3) is 10.9 Å². The lowest BCUT2D eigenvalue weighted by Gasteiger charge is -2.26. The van der Waals surface area contributed by atoms with Crippen LogP contribution in [0.1, 0.15) is 22.8 Å². The number of fused-ring (bicyclic) bond motifs is 1. The van der Waals surface area contributed by atoms with Gasteiger partial charge in [0.05, 0.1) is 23.0 Å². The Bertz CT molecular complexity index is 1310. The van der Waals surface area contributed by atoms with Crippen LogP contribution in [0.3, 0.4) is 0 Å². The molecule has 2 heterocycles. The molecule has 0 unspecified atom stereocenters. The Kier molecular flexibility index (Phi) is 6.45. The number of carbonyl (C=O) groups excluding carboxylic acids is 1. The van der Waals surface area contributed by atoms with Crippen molar-refractivity contribution >= 4 is 32.4 Å². The van der Waals surface area contributed by atoms with Crippen LogP contribution in [0.5, 0.6) is 5.75 Å². The van der Waals surface area contributed by atoms with E-state index in [9.17, 15) is 23.3 Å². The van der Waals surface area contributed by atoms with E-state index in [2.05, 4.69) is 4.98 Å². The number of aromatic amines is 1. The molecular weight excluding hydrogens is 450 g/mol. The SMILES string of the molecule is CCc1cccc2c(C(=O)COc3ccc(S(=O)(=O)N4CCOCC4)cc3[N+](=O)[O-])c[nH]c12. The number of aromatic nitrogens is 1. The number of nitrogens with one attached hydrogen (secondary N) is 1. The number of hydrogen-bond acceptors (Lipinski definition) is 7. The lowest BCUT2D eigenvalue weighted by molar-refractivity contribution is -0.386. The highest BCUT2D eigenvalue weighted by Gasteiger charge is 2.29. The molecule has 1 saturated heterocycles. The third-order valence-corrected chi connectivity index (χ3v) is 7.47. The highest BCUT2D eigenvalue weighted by Crippen LogP contribution is 2.31. The lowest BCUT2D eigenvalue weighted by Crippen LogP contribution is -2.40. The minimum absolute atomic E-state index is 0.174. The van der Waals surface area contributed by atoms with E-state index in [1.165, 1.54) is 16.4 Å². The Hall–Kier alpha value is -3.28. The molecule has 1 aliphatic rings. The molecular formula is C22H23N3O7S. The molecule has 0 amide bonds. The molecule has 0 aliphatic carbocycles. The Labute approximate surface area is 190 Å². The molecule has 0 radical (unpaired) electrons. The van der Waals surface area contributed by atoms with Crippen molar-refractivity contribution in [2.24, 2.45) is 0 Å². The summed E-state index contributed by atoms with van der Waals surface area (Å²) in [5.41, 5.74) is 1.84. The van der Waals surface area contributed by atoms with E-state index in [1.807, 2.05) is 25.1 Å². The van der Waals surface area contributed by atoms with Crippen LogP contribution in [-0.2, 0) is 21.2 Å². The number of nitro benzene ring substituents is 1. The van der Waals surface area contributed by atoms with E-state index in [4.69, 9.17) is 9.47 Å². The Morgan fingerprint density at radius 2 is 2.00 bits per heavy atom. The van der Waals surface area contributed by atoms with E-state index in [-0.39, 0.29) is 42.7 Å². The number of H-pyrrole nitrogens is 1. The van der Waals surface area contributed by atoms with Gasteiger partial charge in [-0.2, -0.15) is 4.31 Å². The van der Waals surface area contributed by atoms with Crippen molar-refractivity contribution in [1.82, 2.24) is 9.29 Å². The zero-order valence-electron chi connectivity index (χ0n) is 17.9. The maximum Gasteiger partial charge on any atom is 0.312 e. The second kappa shape index (κ2) is 9.30. The summed E-state index contributed by atoms with van der Waals surface area (Å²) in [6.07, 6.45) is 2.40. The first-order valence-electron chi connectivity index (χ1n) is 10.4. The number of ketones is 1. The summed E-state index contributed by atoms with van der Waals surface area (Å²) in [6, 6.07) is 9.08. The zero-order valence-corrected chi connectivity index (χ0v) is 18.8. The van der Waals surface area contributed by atoms with Gasteiger partial charge in [0.25, 0.3) is 0 Å². The van der Waals surface area contributed by atoms with E-state index in [0.29, 0.717) is 5.56 Å². The van der Waals surface area contributed by atoms with Crippen LogP contribution in [-0.4, -0.2) is 61.3 Å². The molecule has 3 aromatic rings. The number of morpholine rings is 1. The number of benzene rings is 2. The van der Waals surface area contributed by atoms with Crippen molar-refractivity contribution in [2.75, 3.05) is 32.9 Å². The molecule has 0 spiro atoms. The second-order valence-electron chi connectivity index (χ2n) is 7.51. The number of para-hydroxylation sites is 1. The lowest BCUT2D eigenvalue weighted by atomic mass is 10.1. The monoisotopic (exact) mass is 473 g/mol. The number of nitro groups is 1. The maximum atomic E-state index is 12.8. The van der Waals surface area contributed by atoms with Gasteiger partial charge in [0, 0.05) is 41.8 Å². The van der Waals surface area contributed by atoms with Crippen molar-refractivity contribution in [3.05, 3.63) is 63.8 Å². The number of carbonyl (C=O) groups is 1. The summed E-state index contributed by atoms with van der Waals surface area (Å²) in [5, 5.41) is 12.4. The fourth-order valence-corrected chi connectivity index (χ4v) is 5.25. The van der Waals surface area contributed by atoms with Crippen LogP contribution >= 0.6 is 0 Å². The van der Waals surface area contributed by atoms with Crippen molar-refractivity contribution < 1.29 is 27.6 Å². The summed E-state index contributed by atoms with van der Waals surface area (Å²) in [7, 11) is -3.91. The fraction of sp³-hybridized carbons (Fsp3) is 0.318. The average molecular weight is 474 g/mol. The Balaban J connectivity index is 1.56. The minimum Gasteiger partial charge on any atom is -0.478 e. The van der Waals surface area contributed by atoms with Crippen molar-refractivity contribution in [3.8, 4) is 5.75 Å². The summed E-state index contributed by atoms with van der Waals surface area (Å²) in [4.78, 5) is 26.6. The maximum absolute atomic E-state index is 12.8. The number of rotatable bonds is 8. The molecule has 2 aromatic carbocycles. The summed E-state index contributed by atoms with van der Waals surface area (Å²) < 4.78 is 37.5. The number of hydrogen-bond donors (Lipinski definition) is 1. The zero-order chi connectivity index (χ0) is 23.6. The molecule has 1 N–H and O–H groups in total. The van der Waals surface area contributed by atoms with E-state index >= 15 is 0 Å². The molecule has 33 heavy (non-hydrogen) atoms. The smallest absolute Gasteiger partial charge is 0.312 e. The number of Topliss-reactive ketones (excluding diaryl/α,β-unsaturated/α-hetero) is 1. The highest BCUT2D eigenvalue weighted by atomic mass is 32.2. The van der Waals surface area contributed by atoms with E-state index in [1.54, 1.807) is 6.20 Å². The van der Waals surface area contributed by atoms with Crippen molar-refractivity contribution in [1.29, 1.82) is 0 Å². The van der Waals surface area contributed by atoms with Gasteiger partial charge in [-0.05, 0) is 24.1 Å². The van der Waals surface area contributed by atoms with Gasteiger partial charge in [-0.25, -0.2) is 8.42 Å². The van der Waals surface area contributed by atoms with Gasteiger partial charge in [-0.1, -0.05) is 25.1 Å². The number of aryl methyl sites for hydroxylation is 1. The summed E-state index contributed by atoms with van der Waals surface area (Å²) >= 11 is 0. The van der Waals surface area contributed by atoms with Crippen molar-refractivity contribution in [2.45, 2.75) is 18.2 Å². The van der Waals surface area contributed by atoms with Gasteiger partial charge in [0.15, 0.2) is 12.4 Å². The van der Waals surface area contributed by atoms with Gasteiger partial charge in [-0.15, -0.1) is 0 Å². The largest absolute Gasteiger partial charge is 0.478 e. The molecule has 11 heteroatoms. The fourth-order valence-electron chi connectivity index (χ4n) is 3.82. The molecule has 4 rings (SSSR count). The first-order chi connectivity index (χ1) is 15.8. The predicted molar refractivity (Wildman–Crippen MR) is 120 cm³/mol. The third kappa shape index (κ3) is 4.47. The van der Waals surface area contributed by atoms with E-state index < -0.39 is 27.2 Å². The van der Waals surface area contributed by atoms with Crippen LogP contribution in [0.4, 0.5) is 5.69 Å². The number of ether oxygens (including phenoxy) is 2. The first-order valence-corrected chi connectivity index (χ1v) is 11.9. The van der Waals surface area contributed by atoms with Crippen LogP contribution in [0.2, 0.25) is 0 Å². The average Bonchev–Trinajstić information content (AvgIpc) is 3.27. The molecule has 0 bridgehead atoms. The first kappa shape index (κ1) is 22.9. The van der Waals surface area contributed by atoms with Gasteiger partial charge >= 0.3 is 5.69 Å².